The van der Waals surface area contributed by atoms with Gasteiger partial charge in [0, 0.05) is 19.6 Å². The van der Waals surface area contributed by atoms with Crippen molar-refractivity contribution >= 4 is 15.5 Å². The first-order valence-electron chi connectivity index (χ1n) is 6.10. The Labute approximate surface area is 100 Å². The van der Waals surface area contributed by atoms with Gasteiger partial charge in [0.25, 0.3) is 0 Å². The molecule has 0 radical (unpaired) electrons. The largest absolute Gasteiger partial charge is 0.467 e. The molecule has 0 N–H and O–H groups in total. The Balaban J connectivity index is 4.08. The molecule has 4 nitrogen and oxygen atoms in total. The molecule has 0 amide bonds. The van der Waals surface area contributed by atoms with Gasteiger partial charge in [-0.15, -0.1) is 0 Å². The highest BCUT2D eigenvalue weighted by atomic mass is 28.2. The lowest BCUT2D eigenvalue weighted by Gasteiger charge is -2.22. The van der Waals surface area contributed by atoms with E-state index in [0.29, 0.717) is 19.6 Å². The van der Waals surface area contributed by atoms with Crippen LogP contribution in [-0.4, -0.2) is 40.3 Å². The summed E-state index contributed by atoms with van der Waals surface area (Å²) in [5.41, 5.74) is 0.0237. The first-order chi connectivity index (χ1) is 7.67. The molecule has 0 bridgehead atoms. The summed E-state index contributed by atoms with van der Waals surface area (Å²) in [5.74, 6) is -0.268. The van der Waals surface area contributed by atoms with Crippen molar-refractivity contribution < 1.29 is 19.0 Å². The average Bonchev–Trinajstić information content (AvgIpc) is 2.28. The maximum atomic E-state index is 11.2. The van der Waals surface area contributed by atoms with Crippen LogP contribution in [0.3, 0.4) is 0 Å². The van der Waals surface area contributed by atoms with Crippen molar-refractivity contribution in [1.29, 1.82) is 0 Å². The lowest BCUT2D eigenvalue weighted by molar-refractivity contribution is -0.146. The molecule has 0 saturated heterocycles. The van der Waals surface area contributed by atoms with Crippen LogP contribution in [0.5, 0.6) is 0 Å². The van der Waals surface area contributed by atoms with Crippen LogP contribution >= 0.6 is 0 Å². The van der Waals surface area contributed by atoms with Crippen LogP contribution in [0.2, 0.25) is 0 Å². The first-order valence-corrected chi connectivity index (χ1v) is 7.73. The van der Waals surface area contributed by atoms with Crippen molar-refractivity contribution in [1.82, 2.24) is 0 Å². The Morgan fingerprint density at radius 3 is 2.06 bits per heavy atom. The van der Waals surface area contributed by atoms with Crippen LogP contribution < -0.4 is 0 Å². The van der Waals surface area contributed by atoms with E-state index in [-0.39, 0.29) is 17.6 Å². The minimum Gasteiger partial charge on any atom is -0.467 e. The minimum atomic E-state index is -0.722. The van der Waals surface area contributed by atoms with Gasteiger partial charge in [0.1, 0.15) is 15.4 Å². The lowest BCUT2D eigenvalue weighted by Crippen LogP contribution is -2.36. The van der Waals surface area contributed by atoms with Crippen LogP contribution in [0.25, 0.3) is 0 Å². The molecule has 0 heterocycles. The van der Waals surface area contributed by atoms with Gasteiger partial charge in [-0.1, -0.05) is 13.8 Å². The monoisotopic (exact) mass is 248 g/mol. The highest BCUT2D eigenvalue weighted by Gasteiger charge is 2.19. The number of ether oxygens (including phenoxy) is 3. The zero-order valence-corrected chi connectivity index (χ0v) is 12.2. The van der Waals surface area contributed by atoms with E-state index >= 15 is 0 Å². The topological polar surface area (TPSA) is 44.8 Å². The molecule has 0 spiro atoms. The molecule has 16 heavy (non-hydrogen) atoms. The average molecular weight is 248 g/mol. The van der Waals surface area contributed by atoms with Gasteiger partial charge in [-0.25, -0.2) is 0 Å². The van der Waals surface area contributed by atoms with Crippen molar-refractivity contribution in [2.45, 2.75) is 52.2 Å². The first kappa shape index (κ1) is 15.6. The molecule has 0 aliphatic heterocycles. The third-order valence-electron chi connectivity index (χ3n) is 2.20. The normalized spacial score (nSPS) is 13.6. The van der Waals surface area contributed by atoms with E-state index in [9.17, 15) is 4.79 Å². The fourth-order valence-corrected chi connectivity index (χ4v) is 3.13. The number of hydrogen-bond donors (Lipinski definition) is 0. The van der Waals surface area contributed by atoms with E-state index in [1.165, 1.54) is 0 Å². The van der Waals surface area contributed by atoms with Crippen molar-refractivity contribution in [3.8, 4) is 0 Å². The zero-order chi connectivity index (χ0) is 12.4. The maximum Gasteiger partial charge on any atom is 0.305 e. The van der Waals surface area contributed by atoms with Gasteiger partial charge in [0.05, 0.1) is 5.73 Å². The van der Waals surface area contributed by atoms with Crippen molar-refractivity contribution in [2.24, 2.45) is 0 Å². The summed E-state index contributed by atoms with van der Waals surface area (Å²) in [6.07, 6.45) is 1.27. The van der Waals surface area contributed by atoms with E-state index < -0.39 is 9.52 Å². The second kappa shape index (κ2) is 9.81. The summed E-state index contributed by atoms with van der Waals surface area (Å²) >= 11 is 0. The molecule has 5 heteroatoms. The van der Waals surface area contributed by atoms with Gasteiger partial charge in [-0.2, -0.15) is 0 Å². The molecule has 0 aromatic carbocycles. The second-order valence-electron chi connectivity index (χ2n) is 3.45. The summed E-state index contributed by atoms with van der Waals surface area (Å²) < 4.78 is 16.3. The van der Waals surface area contributed by atoms with Gasteiger partial charge >= 0.3 is 5.97 Å². The summed E-state index contributed by atoms with van der Waals surface area (Å²) in [5, 5.41) is 0. The fraction of sp³-hybridized carbons (Fsp3) is 0.909. The minimum absolute atomic E-state index is 0.0237. The summed E-state index contributed by atoms with van der Waals surface area (Å²) in [6.45, 7) is 8.99. The van der Waals surface area contributed by atoms with Crippen LogP contribution in [0, 0.1) is 0 Å². The third kappa shape index (κ3) is 6.98. The molecule has 0 aliphatic rings. The quantitative estimate of drug-likeness (QED) is 0.349. The van der Waals surface area contributed by atoms with Gasteiger partial charge in [0.2, 0.25) is 0 Å². The molecule has 0 rings (SSSR count). The Morgan fingerprint density at radius 2 is 1.69 bits per heavy atom. The number of carbonyl (C=O) groups is 1. The second-order valence-corrected chi connectivity index (χ2v) is 5.50. The molecule has 1 atom stereocenters. The molecule has 0 saturated carbocycles. The third-order valence-corrected chi connectivity index (χ3v) is 4.33. The Morgan fingerprint density at radius 1 is 1.12 bits per heavy atom. The Hall–Kier alpha value is -0.393. The lowest BCUT2D eigenvalue weighted by atomic mass is 10.5. The van der Waals surface area contributed by atoms with Crippen LogP contribution in [0.1, 0.15) is 40.5 Å². The zero-order valence-electron chi connectivity index (χ0n) is 10.8. The van der Waals surface area contributed by atoms with Crippen molar-refractivity contribution in [3.05, 3.63) is 0 Å². The molecular formula is C11H24O4Si. The molecule has 0 aliphatic carbocycles. The number of hydrogen-bond acceptors (Lipinski definition) is 4. The smallest absolute Gasteiger partial charge is 0.305 e. The van der Waals surface area contributed by atoms with E-state index in [1.807, 2.05) is 20.8 Å². The van der Waals surface area contributed by atoms with Crippen LogP contribution in [-0.2, 0) is 19.0 Å². The SMILES string of the molecule is CCOC(OCC)[SiH2]C(CC)OC(=O)CC. The maximum absolute atomic E-state index is 11.2. The Kier molecular flexibility index (Phi) is 9.57. The highest BCUT2D eigenvalue weighted by molar-refractivity contribution is 6.38. The van der Waals surface area contributed by atoms with E-state index in [0.717, 1.165) is 6.42 Å². The Bertz CT molecular complexity index is 181. The predicted octanol–water partition coefficient (Wildman–Crippen LogP) is 1.20. The molecule has 1 unspecified atom stereocenters. The number of esters is 1. The highest BCUT2D eigenvalue weighted by Crippen LogP contribution is 2.04. The summed E-state index contributed by atoms with van der Waals surface area (Å²) in [7, 11) is -0.722. The summed E-state index contributed by atoms with van der Waals surface area (Å²) in [6, 6.07) is 0. The molecule has 0 fully saturated rings. The van der Waals surface area contributed by atoms with Gasteiger partial charge < -0.3 is 14.2 Å². The van der Waals surface area contributed by atoms with Crippen LogP contribution in [0.4, 0.5) is 0 Å². The van der Waals surface area contributed by atoms with Gasteiger partial charge in [0.15, 0.2) is 0 Å². The van der Waals surface area contributed by atoms with Gasteiger partial charge in [-0.05, 0) is 20.3 Å². The van der Waals surface area contributed by atoms with Gasteiger partial charge in [-0.3, -0.25) is 4.79 Å². The molecular weight excluding hydrogens is 224 g/mol. The molecule has 96 valence electrons. The standard InChI is InChI=1S/C11H24O4Si/c1-5-9(12)15-10(6-2)16-11(13-7-3)14-8-4/h10-11H,5-8,16H2,1-4H3. The summed E-state index contributed by atoms with van der Waals surface area (Å²) in [4.78, 5) is 11.2. The van der Waals surface area contributed by atoms with Crippen molar-refractivity contribution in [3.63, 3.8) is 0 Å². The van der Waals surface area contributed by atoms with Crippen molar-refractivity contribution in [2.75, 3.05) is 13.2 Å². The number of carbonyl (C=O) groups excluding carboxylic acids is 1. The van der Waals surface area contributed by atoms with E-state index in [1.54, 1.807) is 6.92 Å². The molecule has 0 aromatic heterocycles. The number of rotatable bonds is 9. The van der Waals surface area contributed by atoms with Crippen LogP contribution in [0.15, 0.2) is 0 Å². The van der Waals surface area contributed by atoms with E-state index in [2.05, 4.69) is 0 Å². The fourth-order valence-electron chi connectivity index (χ4n) is 1.34. The molecule has 0 aromatic rings. The predicted molar refractivity (Wildman–Crippen MR) is 66.0 cm³/mol. The van der Waals surface area contributed by atoms with E-state index in [4.69, 9.17) is 14.2 Å².